The van der Waals surface area contributed by atoms with Crippen LogP contribution in [0.2, 0.25) is 0 Å². The standard InChI is InChI=1S/C22H35N3O3.HI/c1-2-6-18(7-3-1)16-24-22(23-11-10-19-8-4-13-26-19)25-12-15-28-21(17-25)20-9-5-14-27-20;/h4,8,13,18,20-21H,1-3,5-7,9-12,14-17H2,(H,23,24);1H. The highest BCUT2D eigenvalue weighted by atomic mass is 127. The summed E-state index contributed by atoms with van der Waals surface area (Å²) >= 11 is 0. The number of morpholine rings is 1. The second-order valence-corrected chi connectivity index (χ2v) is 8.33. The molecule has 2 atom stereocenters. The highest BCUT2D eigenvalue weighted by Gasteiger charge is 2.32. The Labute approximate surface area is 191 Å². The molecule has 2 aliphatic heterocycles. The molecule has 29 heavy (non-hydrogen) atoms. The van der Waals surface area contributed by atoms with E-state index in [1.807, 2.05) is 12.1 Å². The molecule has 2 saturated heterocycles. The van der Waals surface area contributed by atoms with Crippen LogP contribution in [0.5, 0.6) is 0 Å². The highest BCUT2D eigenvalue weighted by molar-refractivity contribution is 14.0. The fraction of sp³-hybridized carbons (Fsp3) is 0.773. The van der Waals surface area contributed by atoms with Gasteiger partial charge in [-0.15, -0.1) is 24.0 Å². The van der Waals surface area contributed by atoms with E-state index in [1.165, 1.54) is 32.1 Å². The van der Waals surface area contributed by atoms with Crippen molar-refractivity contribution >= 4 is 29.9 Å². The Morgan fingerprint density at radius 1 is 1.07 bits per heavy atom. The van der Waals surface area contributed by atoms with Crippen molar-refractivity contribution in [3.8, 4) is 0 Å². The zero-order valence-electron chi connectivity index (χ0n) is 17.4. The summed E-state index contributed by atoms with van der Waals surface area (Å²) < 4.78 is 17.4. The summed E-state index contributed by atoms with van der Waals surface area (Å²) in [5.74, 6) is 2.78. The van der Waals surface area contributed by atoms with Gasteiger partial charge in [0.2, 0.25) is 0 Å². The first kappa shape index (κ1) is 22.9. The molecule has 0 amide bonds. The largest absolute Gasteiger partial charge is 0.469 e. The SMILES string of the molecule is I.c1coc(CCNC(=NCC2CCCCC2)N2CCOC(C3CCCO3)C2)c1. The van der Waals surface area contributed by atoms with Crippen molar-refractivity contribution in [1.29, 1.82) is 0 Å². The zero-order valence-corrected chi connectivity index (χ0v) is 19.7. The van der Waals surface area contributed by atoms with Gasteiger partial charge in [0.1, 0.15) is 11.9 Å². The summed E-state index contributed by atoms with van der Waals surface area (Å²) in [7, 11) is 0. The van der Waals surface area contributed by atoms with Crippen LogP contribution in [0.4, 0.5) is 0 Å². The highest BCUT2D eigenvalue weighted by Crippen LogP contribution is 2.24. The summed E-state index contributed by atoms with van der Waals surface area (Å²) in [6.45, 7) is 5.13. The molecule has 1 aromatic rings. The zero-order chi connectivity index (χ0) is 19.0. The molecule has 3 fully saturated rings. The van der Waals surface area contributed by atoms with Crippen LogP contribution >= 0.6 is 24.0 Å². The van der Waals surface area contributed by atoms with E-state index >= 15 is 0 Å². The van der Waals surface area contributed by atoms with E-state index in [0.29, 0.717) is 0 Å². The van der Waals surface area contributed by atoms with Gasteiger partial charge in [-0.05, 0) is 43.7 Å². The minimum atomic E-state index is 0. The third-order valence-electron chi connectivity index (χ3n) is 6.23. The third kappa shape index (κ3) is 6.85. The monoisotopic (exact) mass is 517 g/mol. The molecule has 3 heterocycles. The van der Waals surface area contributed by atoms with Crippen LogP contribution in [-0.2, 0) is 15.9 Å². The summed E-state index contributed by atoms with van der Waals surface area (Å²) in [6.07, 6.45) is 12.0. The summed E-state index contributed by atoms with van der Waals surface area (Å²) in [5, 5.41) is 3.60. The lowest BCUT2D eigenvalue weighted by atomic mass is 9.89. The molecule has 0 aromatic carbocycles. The van der Waals surface area contributed by atoms with Gasteiger partial charge in [-0.1, -0.05) is 19.3 Å². The van der Waals surface area contributed by atoms with E-state index in [9.17, 15) is 0 Å². The van der Waals surface area contributed by atoms with E-state index < -0.39 is 0 Å². The van der Waals surface area contributed by atoms with Gasteiger partial charge >= 0.3 is 0 Å². The predicted molar refractivity (Wildman–Crippen MR) is 125 cm³/mol. The molecule has 0 spiro atoms. The molecule has 3 aliphatic rings. The molecular weight excluding hydrogens is 481 g/mol. The third-order valence-corrected chi connectivity index (χ3v) is 6.23. The topological polar surface area (TPSA) is 59.2 Å². The van der Waals surface area contributed by atoms with Gasteiger partial charge in [0.05, 0.1) is 19.0 Å². The lowest BCUT2D eigenvalue weighted by Crippen LogP contribution is -2.53. The van der Waals surface area contributed by atoms with Crippen molar-refractivity contribution in [1.82, 2.24) is 10.2 Å². The Morgan fingerprint density at radius 2 is 1.93 bits per heavy atom. The van der Waals surface area contributed by atoms with Crippen molar-refractivity contribution in [2.24, 2.45) is 10.9 Å². The Kier molecular flexibility index (Phi) is 9.58. The number of hydrogen-bond donors (Lipinski definition) is 1. The Balaban J connectivity index is 0.00000240. The molecule has 6 nitrogen and oxygen atoms in total. The quantitative estimate of drug-likeness (QED) is 0.353. The van der Waals surface area contributed by atoms with E-state index in [-0.39, 0.29) is 36.2 Å². The number of halogens is 1. The second kappa shape index (κ2) is 12.2. The average Bonchev–Trinajstić information content (AvgIpc) is 3.46. The van der Waals surface area contributed by atoms with Gasteiger partial charge in [0.15, 0.2) is 5.96 Å². The number of guanidine groups is 1. The van der Waals surface area contributed by atoms with Crippen LogP contribution in [-0.4, -0.2) is 62.5 Å². The van der Waals surface area contributed by atoms with Crippen LogP contribution in [0.3, 0.4) is 0 Å². The van der Waals surface area contributed by atoms with E-state index in [1.54, 1.807) is 6.26 Å². The van der Waals surface area contributed by atoms with Crippen LogP contribution in [0, 0.1) is 5.92 Å². The lowest BCUT2D eigenvalue weighted by molar-refractivity contribution is -0.0817. The van der Waals surface area contributed by atoms with E-state index in [0.717, 1.165) is 76.3 Å². The minimum absolute atomic E-state index is 0. The van der Waals surface area contributed by atoms with Crippen molar-refractivity contribution in [2.45, 2.75) is 63.6 Å². The van der Waals surface area contributed by atoms with Gasteiger partial charge in [0.25, 0.3) is 0 Å². The number of rotatable bonds is 6. The molecule has 4 rings (SSSR count). The van der Waals surface area contributed by atoms with Gasteiger partial charge in [-0.3, -0.25) is 4.99 Å². The number of furan rings is 1. The van der Waals surface area contributed by atoms with Gasteiger partial charge in [-0.2, -0.15) is 0 Å². The molecule has 164 valence electrons. The Bertz CT molecular complexity index is 598. The number of nitrogens with zero attached hydrogens (tertiary/aromatic N) is 2. The van der Waals surface area contributed by atoms with Crippen molar-refractivity contribution in [3.05, 3.63) is 24.2 Å². The van der Waals surface area contributed by atoms with Crippen molar-refractivity contribution in [2.75, 3.05) is 39.4 Å². The van der Waals surface area contributed by atoms with Crippen molar-refractivity contribution < 1.29 is 13.9 Å². The average molecular weight is 517 g/mol. The first-order valence-electron chi connectivity index (χ1n) is 11.2. The number of ether oxygens (including phenoxy) is 2. The van der Waals surface area contributed by atoms with Gasteiger partial charge in [-0.25, -0.2) is 0 Å². The van der Waals surface area contributed by atoms with Gasteiger partial charge < -0.3 is 24.1 Å². The molecule has 0 bridgehead atoms. The maximum absolute atomic E-state index is 6.04. The Morgan fingerprint density at radius 3 is 2.69 bits per heavy atom. The summed E-state index contributed by atoms with van der Waals surface area (Å²) in [4.78, 5) is 7.43. The summed E-state index contributed by atoms with van der Waals surface area (Å²) in [6, 6.07) is 3.98. The molecular formula is C22H36IN3O3. The first-order valence-corrected chi connectivity index (χ1v) is 11.2. The molecule has 1 aliphatic carbocycles. The summed E-state index contributed by atoms with van der Waals surface area (Å²) in [5.41, 5.74) is 0. The predicted octanol–water partition coefficient (Wildman–Crippen LogP) is 3.85. The number of hydrogen-bond acceptors (Lipinski definition) is 4. The number of nitrogens with one attached hydrogen (secondary N) is 1. The molecule has 1 N–H and O–H groups in total. The van der Waals surface area contributed by atoms with Crippen LogP contribution in [0.1, 0.15) is 50.7 Å². The maximum atomic E-state index is 6.04. The second-order valence-electron chi connectivity index (χ2n) is 8.33. The maximum Gasteiger partial charge on any atom is 0.194 e. The fourth-order valence-corrected chi connectivity index (χ4v) is 4.59. The molecule has 2 unspecified atom stereocenters. The molecule has 1 aromatic heterocycles. The Hall–Kier alpha value is -0.800. The van der Waals surface area contributed by atoms with Crippen molar-refractivity contribution in [3.63, 3.8) is 0 Å². The van der Waals surface area contributed by atoms with Crippen LogP contribution < -0.4 is 5.32 Å². The molecule has 1 saturated carbocycles. The molecule has 7 heteroatoms. The normalized spacial score (nSPS) is 26.3. The minimum Gasteiger partial charge on any atom is -0.469 e. The lowest BCUT2D eigenvalue weighted by Gasteiger charge is -2.37. The van der Waals surface area contributed by atoms with E-state index in [4.69, 9.17) is 18.9 Å². The van der Waals surface area contributed by atoms with E-state index in [2.05, 4.69) is 10.2 Å². The smallest absolute Gasteiger partial charge is 0.194 e. The first-order chi connectivity index (χ1) is 13.9. The molecule has 0 radical (unpaired) electrons. The number of aliphatic imine (C=N–C) groups is 1. The fourth-order valence-electron chi connectivity index (χ4n) is 4.59. The van der Waals surface area contributed by atoms with Crippen LogP contribution in [0.25, 0.3) is 0 Å². The van der Waals surface area contributed by atoms with Gasteiger partial charge in [0, 0.05) is 39.2 Å². The van der Waals surface area contributed by atoms with Crippen LogP contribution in [0.15, 0.2) is 27.8 Å².